The predicted molar refractivity (Wildman–Crippen MR) is 111 cm³/mol. The molecule has 0 radical (unpaired) electrons. The van der Waals surface area contributed by atoms with Crippen molar-refractivity contribution in [2.45, 2.75) is 19.8 Å². The van der Waals surface area contributed by atoms with Crippen molar-refractivity contribution in [1.82, 2.24) is 15.1 Å². The third kappa shape index (κ3) is 4.52. The first-order valence-corrected chi connectivity index (χ1v) is 9.78. The largest absolute Gasteiger partial charge is 0.493 e. The summed E-state index contributed by atoms with van der Waals surface area (Å²) in [7, 11) is 4.74. The number of anilines is 1. The highest BCUT2D eigenvalue weighted by Crippen LogP contribution is 2.40. The number of hydrogen-bond acceptors (Lipinski definition) is 7. The van der Waals surface area contributed by atoms with Crippen LogP contribution < -0.4 is 19.1 Å². The molecule has 1 aliphatic rings. The monoisotopic (exact) mass is 400 g/mol. The third-order valence-electron chi connectivity index (χ3n) is 5.03. The van der Waals surface area contributed by atoms with Crippen LogP contribution >= 0.6 is 0 Å². The molecule has 156 valence electrons. The fraction of sp³-hybridized carbons (Fsp3) is 0.476. The van der Waals surface area contributed by atoms with Gasteiger partial charge in [0.05, 0.1) is 27.0 Å². The number of rotatable bonds is 7. The molecule has 29 heavy (non-hydrogen) atoms. The molecule has 0 N–H and O–H groups in total. The van der Waals surface area contributed by atoms with E-state index in [4.69, 9.17) is 14.2 Å². The molecule has 0 atom stereocenters. The van der Waals surface area contributed by atoms with Crippen LogP contribution in [0.15, 0.2) is 24.3 Å². The highest BCUT2D eigenvalue weighted by atomic mass is 16.5. The van der Waals surface area contributed by atoms with Gasteiger partial charge in [-0.25, -0.2) is 0 Å². The van der Waals surface area contributed by atoms with Crippen LogP contribution in [0, 0.1) is 0 Å². The molecule has 8 nitrogen and oxygen atoms in total. The van der Waals surface area contributed by atoms with Crippen molar-refractivity contribution in [2.75, 3.05) is 52.4 Å². The molecule has 0 unspecified atom stereocenters. The highest BCUT2D eigenvalue weighted by molar-refractivity contribution is 5.76. The van der Waals surface area contributed by atoms with E-state index in [2.05, 4.69) is 15.1 Å². The number of amides is 1. The van der Waals surface area contributed by atoms with Gasteiger partial charge in [0, 0.05) is 38.2 Å². The normalized spacial score (nSPS) is 13.9. The van der Waals surface area contributed by atoms with Crippen molar-refractivity contribution < 1.29 is 19.0 Å². The second-order valence-electron chi connectivity index (χ2n) is 6.81. The highest BCUT2D eigenvalue weighted by Gasteiger charge is 2.22. The van der Waals surface area contributed by atoms with Crippen molar-refractivity contribution >= 4 is 11.7 Å². The van der Waals surface area contributed by atoms with Gasteiger partial charge in [0.2, 0.25) is 11.7 Å². The van der Waals surface area contributed by atoms with E-state index < -0.39 is 0 Å². The average Bonchev–Trinajstić information content (AvgIpc) is 2.78. The van der Waals surface area contributed by atoms with Crippen LogP contribution in [-0.4, -0.2) is 68.5 Å². The first-order valence-electron chi connectivity index (χ1n) is 9.78. The molecule has 0 spiro atoms. The molecule has 3 rings (SSSR count). The average molecular weight is 400 g/mol. The second kappa shape index (κ2) is 9.45. The van der Waals surface area contributed by atoms with Gasteiger partial charge in [0.1, 0.15) is 0 Å². The summed E-state index contributed by atoms with van der Waals surface area (Å²) in [6.45, 7) is 4.98. The molecule has 2 heterocycles. The molecule has 0 bridgehead atoms. The quantitative estimate of drug-likeness (QED) is 0.707. The maximum atomic E-state index is 12.0. The van der Waals surface area contributed by atoms with Gasteiger partial charge < -0.3 is 24.0 Å². The maximum absolute atomic E-state index is 12.0. The molecule has 1 amide bonds. The molecule has 1 aromatic carbocycles. The van der Waals surface area contributed by atoms with E-state index in [0.717, 1.165) is 44.0 Å². The van der Waals surface area contributed by atoms with E-state index in [1.165, 1.54) is 0 Å². The van der Waals surface area contributed by atoms with Gasteiger partial charge in [-0.1, -0.05) is 6.92 Å². The summed E-state index contributed by atoms with van der Waals surface area (Å²) in [4.78, 5) is 16.1. The topological polar surface area (TPSA) is 77.0 Å². The van der Waals surface area contributed by atoms with E-state index >= 15 is 0 Å². The molecular formula is C21H28N4O4. The van der Waals surface area contributed by atoms with Crippen LogP contribution in [0.5, 0.6) is 17.2 Å². The van der Waals surface area contributed by atoms with Crippen molar-refractivity contribution in [3.05, 3.63) is 24.3 Å². The van der Waals surface area contributed by atoms with Crippen molar-refractivity contribution in [3.8, 4) is 28.5 Å². The van der Waals surface area contributed by atoms with Crippen LogP contribution in [0.4, 0.5) is 5.82 Å². The van der Waals surface area contributed by atoms with Crippen LogP contribution in [0.1, 0.15) is 19.8 Å². The van der Waals surface area contributed by atoms with Crippen LogP contribution in [0.3, 0.4) is 0 Å². The van der Waals surface area contributed by atoms with E-state index in [-0.39, 0.29) is 5.91 Å². The lowest BCUT2D eigenvalue weighted by Crippen LogP contribution is -2.49. The Bertz CT molecular complexity index is 808. The molecule has 2 aromatic rings. The molecule has 1 saturated heterocycles. The predicted octanol–water partition coefficient (Wildman–Crippen LogP) is 2.62. The lowest BCUT2D eigenvalue weighted by molar-refractivity contribution is -0.131. The minimum Gasteiger partial charge on any atom is -0.493 e. The number of methoxy groups -OCH3 is 3. The second-order valence-corrected chi connectivity index (χ2v) is 6.81. The Labute approximate surface area is 171 Å². The van der Waals surface area contributed by atoms with Gasteiger partial charge in [-0.05, 0) is 30.7 Å². The van der Waals surface area contributed by atoms with Gasteiger partial charge in [-0.15, -0.1) is 10.2 Å². The molecule has 8 heteroatoms. The Morgan fingerprint density at radius 3 is 2.10 bits per heavy atom. The Morgan fingerprint density at radius 1 is 0.966 bits per heavy atom. The van der Waals surface area contributed by atoms with Gasteiger partial charge >= 0.3 is 0 Å². The lowest BCUT2D eigenvalue weighted by atomic mass is 10.1. The minimum absolute atomic E-state index is 0.232. The number of aromatic nitrogens is 2. The summed E-state index contributed by atoms with van der Waals surface area (Å²) in [5, 5.41) is 8.79. The Balaban J connectivity index is 1.74. The van der Waals surface area contributed by atoms with E-state index in [1.54, 1.807) is 21.3 Å². The number of hydrogen-bond donors (Lipinski definition) is 0. The van der Waals surface area contributed by atoms with Crippen molar-refractivity contribution in [3.63, 3.8) is 0 Å². The number of piperazine rings is 1. The van der Waals surface area contributed by atoms with E-state index in [9.17, 15) is 4.79 Å². The number of nitrogens with zero attached hydrogens (tertiary/aromatic N) is 4. The van der Waals surface area contributed by atoms with Crippen molar-refractivity contribution in [1.29, 1.82) is 0 Å². The lowest BCUT2D eigenvalue weighted by Gasteiger charge is -2.35. The number of ether oxygens (including phenoxy) is 3. The third-order valence-corrected chi connectivity index (χ3v) is 5.03. The number of carbonyl (C=O) groups excluding carboxylic acids is 1. The van der Waals surface area contributed by atoms with Gasteiger partial charge in [-0.2, -0.15) is 0 Å². The number of benzene rings is 1. The zero-order valence-corrected chi connectivity index (χ0v) is 17.5. The zero-order chi connectivity index (χ0) is 20.8. The molecule has 0 aliphatic carbocycles. The van der Waals surface area contributed by atoms with Crippen LogP contribution in [0.2, 0.25) is 0 Å². The van der Waals surface area contributed by atoms with Gasteiger partial charge in [0.15, 0.2) is 17.3 Å². The summed E-state index contributed by atoms with van der Waals surface area (Å²) in [5.74, 6) is 2.72. The van der Waals surface area contributed by atoms with E-state index in [0.29, 0.717) is 29.4 Å². The summed E-state index contributed by atoms with van der Waals surface area (Å²) >= 11 is 0. The zero-order valence-electron chi connectivity index (χ0n) is 17.5. The first kappa shape index (κ1) is 20.7. The van der Waals surface area contributed by atoms with Crippen molar-refractivity contribution in [2.24, 2.45) is 0 Å². The first-order chi connectivity index (χ1) is 14.1. The summed E-state index contributed by atoms with van der Waals surface area (Å²) in [6.07, 6.45) is 1.50. The Hall–Kier alpha value is -3.03. The summed E-state index contributed by atoms with van der Waals surface area (Å²) < 4.78 is 16.2. The molecular weight excluding hydrogens is 372 g/mol. The fourth-order valence-electron chi connectivity index (χ4n) is 3.43. The van der Waals surface area contributed by atoms with Gasteiger partial charge in [0.25, 0.3) is 0 Å². The molecule has 0 saturated carbocycles. The Kier molecular flexibility index (Phi) is 6.74. The molecule has 1 aromatic heterocycles. The van der Waals surface area contributed by atoms with Crippen LogP contribution in [0.25, 0.3) is 11.3 Å². The fourth-order valence-corrected chi connectivity index (χ4v) is 3.43. The molecule has 1 fully saturated rings. The standard InChI is InChI=1S/C21H28N4O4/c1-5-6-20(26)25-11-9-24(10-12-25)19-8-7-16(22-23-19)15-13-17(27-2)21(29-4)18(14-15)28-3/h7-8,13-14H,5-6,9-12H2,1-4H3. The van der Waals surface area contributed by atoms with Crippen LogP contribution in [-0.2, 0) is 4.79 Å². The summed E-state index contributed by atoms with van der Waals surface area (Å²) in [5.41, 5.74) is 1.54. The van der Waals surface area contributed by atoms with Gasteiger partial charge in [-0.3, -0.25) is 4.79 Å². The SMILES string of the molecule is CCCC(=O)N1CCN(c2ccc(-c3cc(OC)c(OC)c(OC)c3)nn2)CC1. The number of carbonyl (C=O) groups is 1. The molecule has 1 aliphatic heterocycles. The Morgan fingerprint density at radius 2 is 1.62 bits per heavy atom. The summed E-state index contributed by atoms with van der Waals surface area (Å²) in [6, 6.07) is 7.58. The minimum atomic E-state index is 0.232. The smallest absolute Gasteiger partial charge is 0.222 e. The van der Waals surface area contributed by atoms with E-state index in [1.807, 2.05) is 36.1 Å². The maximum Gasteiger partial charge on any atom is 0.222 e.